The second kappa shape index (κ2) is 7.50. The molecule has 8 nitrogen and oxygen atoms in total. The lowest BCUT2D eigenvalue weighted by molar-refractivity contribution is -0.138. The first-order chi connectivity index (χ1) is 12.7. The first kappa shape index (κ1) is 19.7. The summed E-state index contributed by atoms with van der Waals surface area (Å²) in [6.45, 7) is 0.948. The Bertz CT molecular complexity index is 940. The maximum atomic E-state index is 12.6. The van der Waals surface area contributed by atoms with Gasteiger partial charge in [-0.05, 0) is 18.2 Å². The van der Waals surface area contributed by atoms with Crippen molar-refractivity contribution in [2.45, 2.75) is 11.1 Å². The average Bonchev–Trinajstić information content (AvgIpc) is 3.11. The van der Waals surface area contributed by atoms with Gasteiger partial charge in [0.15, 0.2) is 0 Å². The summed E-state index contributed by atoms with van der Waals surface area (Å²) in [5.74, 6) is -0.793. The average molecular weight is 422 g/mol. The van der Waals surface area contributed by atoms with Crippen molar-refractivity contribution in [2.75, 3.05) is 31.6 Å². The molecule has 27 heavy (non-hydrogen) atoms. The molecular formula is C14H13F3N4O4S2. The minimum Gasteiger partial charge on any atom is -0.379 e. The summed E-state index contributed by atoms with van der Waals surface area (Å²) in [5, 5.41) is 6.89. The monoisotopic (exact) mass is 422 g/mol. The molecule has 1 aromatic carbocycles. The topological polar surface area (TPSA) is 101 Å². The molecule has 1 aromatic heterocycles. The van der Waals surface area contributed by atoms with Crippen molar-refractivity contribution in [3.8, 4) is 0 Å². The lowest BCUT2D eigenvalue weighted by Crippen LogP contribution is -2.40. The number of ether oxygens (including phenoxy) is 1. The molecule has 1 aliphatic rings. The van der Waals surface area contributed by atoms with E-state index >= 15 is 0 Å². The number of alkyl halides is 3. The number of hydrogen-bond donors (Lipinski definition) is 1. The van der Waals surface area contributed by atoms with Crippen molar-refractivity contribution < 1.29 is 31.1 Å². The van der Waals surface area contributed by atoms with Crippen molar-refractivity contribution in [3.63, 3.8) is 0 Å². The third kappa shape index (κ3) is 4.43. The molecular weight excluding hydrogens is 409 g/mol. The van der Waals surface area contributed by atoms with Gasteiger partial charge in [0, 0.05) is 18.7 Å². The second-order valence-corrected chi connectivity index (χ2v) is 8.32. The normalized spacial score (nSPS) is 16.3. The van der Waals surface area contributed by atoms with Crippen molar-refractivity contribution in [1.82, 2.24) is 14.5 Å². The Kier molecular flexibility index (Phi) is 5.46. The second-order valence-electron chi connectivity index (χ2n) is 5.41. The largest absolute Gasteiger partial charge is 0.445 e. The van der Waals surface area contributed by atoms with Gasteiger partial charge in [-0.1, -0.05) is 17.4 Å². The predicted molar refractivity (Wildman–Crippen MR) is 88.9 cm³/mol. The highest BCUT2D eigenvalue weighted by atomic mass is 32.2. The van der Waals surface area contributed by atoms with Crippen LogP contribution in [0.4, 0.5) is 18.3 Å². The maximum Gasteiger partial charge on any atom is 0.445 e. The van der Waals surface area contributed by atoms with Gasteiger partial charge < -0.3 is 4.74 Å². The lowest BCUT2D eigenvalue weighted by Gasteiger charge is -2.26. The molecule has 1 amide bonds. The highest BCUT2D eigenvalue weighted by molar-refractivity contribution is 7.89. The van der Waals surface area contributed by atoms with E-state index in [0.29, 0.717) is 0 Å². The summed E-state index contributed by atoms with van der Waals surface area (Å²) in [6.07, 6.45) is -4.66. The van der Waals surface area contributed by atoms with Crippen LogP contribution in [-0.2, 0) is 20.9 Å². The summed E-state index contributed by atoms with van der Waals surface area (Å²) in [5.41, 5.74) is -0.0342. The molecule has 0 spiro atoms. The Morgan fingerprint density at radius 3 is 2.56 bits per heavy atom. The SMILES string of the molecule is O=C(Nc1nnc(C(F)(F)F)s1)c1cccc(S(=O)(=O)N2CCOCC2)c1. The number of nitrogens with zero attached hydrogens (tertiary/aromatic N) is 3. The number of morpholine rings is 1. The van der Waals surface area contributed by atoms with E-state index in [4.69, 9.17) is 4.74 Å². The Balaban J connectivity index is 1.78. The van der Waals surface area contributed by atoms with Gasteiger partial charge in [-0.3, -0.25) is 10.1 Å². The lowest BCUT2D eigenvalue weighted by atomic mass is 10.2. The quantitative estimate of drug-likeness (QED) is 0.807. The van der Waals surface area contributed by atoms with Crippen molar-refractivity contribution in [1.29, 1.82) is 0 Å². The van der Waals surface area contributed by atoms with E-state index in [1.165, 1.54) is 22.5 Å². The summed E-state index contributed by atoms with van der Waals surface area (Å²) >= 11 is 0.176. The number of anilines is 1. The third-order valence-electron chi connectivity index (χ3n) is 3.59. The fraction of sp³-hybridized carbons (Fsp3) is 0.357. The number of benzene rings is 1. The smallest absolute Gasteiger partial charge is 0.379 e. The van der Waals surface area contributed by atoms with Crippen LogP contribution in [0.3, 0.4) is 0 Å². The molecule has 13 heteroatoms. The molecule has 1 aliphatic heterocycles. The Morgan fingerprint density at radius 2 is 1.93 bits per heavy atom. The molecule has 1 saturated heterocycles. The van der Waals surface area contributed by atoms with Crippen molar-refractivity contribution in [2.24, 2.45) is 0 Å². The summed E-state index contributed by atoms with van der Waals surface area (Å²) < 4.78 is 69.2. The van der Waals surface area contributed by atoms with Gasteiger partial charge in [-0.25, -0.2) is 8.42 Å². The van der Waals surface area contributed by atoms with Gasteiger partial charge in [-0.2, -0.15) is 17.5 Å². The third-order valence-corrected chi connectivity index (χ3v) is 6.37. The van der Waals surface area contributed by atoms with E-state index < -0.39 is 27.1 Å². The molecule has 0 aliphatic carbocycles. The number of nitrogens with one attached hydrogen (secondary N) is 1. The van der Waals surface area contributed by atoms with E-state index in [-0.39, 0.29) is 53.2 Å². The summed E-state index contributed by atoms with van der Waals surface area (Å²) in [4.78, 5) is 12.2. The van der Waals surface area contributed by atoms with E-state index in [0.717, 1.165) is 6.07 Å². The van der Waals surface area contributed by atoms with Crippen LogP contribution in [0.5, 0.6) is 0 Å². The predicted octanol–water partition coefficient (Wildman–Crippen LogP) is 1.83. The zero-order chi connectivity index (χ0) is 19.7. The van der Waals surface area contributed by atoms with Crippen LogP contribution in [0.2, 0.25) is 0 Å². The molecule has 3 rings (SSSR count). The zero-order valence-corrected chi connectivity index (χ0v) is 15.2. The standard InChI is InChI=1S/C14H13F3N4O4S2/c15-14(16,17)12-19-20-13(26-12)18-11(22)9-2-1-3-10(8-9)27(23,24)21-4-6-25-7-5-21/h1-3,8H,4-7H2,(H,18,20,22). The van der Waals surface area contributed by atoms with Crippen LogP contribution in [-0.4, -0.2) is 55.1 Å². The highest BCUT2D eigenvalue weighted by Crippen LogP contribution is 2.33. The Labute approximate surface area is 156 Å². The van der Waals surface area contributed by atoms with Gasteiger partial charge in [0.2, 0.25) is 20.2 Å². The maximum absolute atomic E-state index is 12.6. The molecule has 0 atom stereocenters. The van der Waals surface area contributed by atoms with E-state index in [9.17, 15) is 26.4 Å². The zero-order valence-electron chi connectivity index (χ0n) is 13.6. The fourth-order valence-electron chi connectivity index (χ4n) is 2.29. The van der Waals surface area contributed by atoms with E-state index in [1.54, 1.807) is 0 Å². The number of amides is 1. The van der Waals surface area contributed by atoms with Crippen molar-refractivity contribution >= 4 is 32.4 Å². The van der Waals surface area contributed by atoms with E-state index in [1.807, 2.05) is 0 Å². The van der Waals surface area contributed by atoms with Gasteiger partial charge >= 0.3 is 6.18 Å². The summed E-state index contributed by atoms with van der Waals surface area (Å²) in [6, 6.07) is 5.23. The fourth-order valence-corrected chi connectivity index (χ4v) is 4.35. The van der Waals surface area contributed by atoms with Crippen LogP contribution in [0.15, 0.2) is 29.2 Å². The number of rotatable bonds is 4. The number of carbonyl (C=O) groups is 1. The molecule has 1 fully saturated rings. The van der Waals surface area contributed by atoms with Crippen LogP contribution in [0.1, 0.15) is 15.4 Å². The van der Waals surface area contributed by atoms with Crippen LogP contribution < -0.4 is 5.32 Å². The van der Waals surface area contributed by atoms with Crippen LogP contribution in [0, 0.1) is 0 Å². The van der Waals surface area contributed by atoms with Gasteiger partial charge in [-0.15, -0.1) is 10.2 Å². The number of hydrogen-bond acceptors (Lipinski definition) is 7. The first-order valence-electron chi connectivity index (χ1n) is 7.58. The minimum absolute atomic E-state index is 0.0342. The molecule has 0 bridgehead atoms. The first-order valence-corrected chi connectivity index (χ1v) is 9.83. The summed E-state index contributed by atoms with van der Waals surface area (Å²) in [7, 11) is -3.81. The number of sulfonamides is 1. The van der Waals surface area contributed by atoms with Crippen LogP contribution >= 0.6 is 11.3 Å². The minimum atomic E-state index is -4.66. The molecule has 0 saturated carbocycles. The molecule has 146 valence electrons. The van der Waals surface area contributed by atoms with Gasteiger partial charge in [0.05, 0.1) is 18.1 Å². The van der Waals surface area contributed by atoms with Gasteiger partial charge in [0.25, 0.3) is 5.91 Å². The van der Waals surface area contributed by atoms with E-state index in [2.05, 4.69) is 15.5 Å². The highest BCUT2D eigenvalue weighted by Gasteiger charge is 2.36. The van der Waals surface area contributed by atoms with Crippen LogP contribution in [0.25, 0.3) is 0 Å². The number of halogens is 3. The van der Waals surface area contributed by atoms with Crippen molar-refractivity contribution in [3.05, 3.63) is 34.8 Å². The number of aromatic nitrogens is 2. The Hall–Kier alpha value is -2.09. The number of carbonyl (C=O) groups excluding carboxylic acids is 1. The van der Waals surface area contributed by atoms with Gasteiger partial charge in [0.1, 0.15) is 0 Å². The molecule has 0 unspecified atom stereocenters. The molecule has 1 N–H and O–H groups in total. The molecule has 0 radical (unpaired) electrons. The Morgan fingerprint density at radius 1 is 1.22 bits per heavy atom. The molecule has 2 heterocycles. The molecule has 2 aromatic rings.